The molecule has 1 unspecified atom stereocenters. The van der Waals surface area contributed by atoms with Gasteiger partial charge in [0.25, 0.3) is 5.91 Å². The highest BCUT2D eigenvalue weighted by molar-refractivity contribution is 6.01. The second-order valence-corrected chi connectivity index (χ2v) is 6.22. The average molecular weight is 395 g/mol. The number of benzene rings is 1. The number of carboxylic acid groups (broad SMARTS) is 1. The Kier molecular flexibility index (Phi) is 5.23. The summed E-state index contributed by atoms with van der Waals surface area (Å²) in [7, 11) is 0. The summed E-state index contributed by atoms with van der Waals surface area (Å²) in [6, 6.07) is 11.8. The minimum Gasteiger partial charge on any atom is -0.475 e. The molecule has 2 aromatic rings. The molecule has 28 heavy (non-hydrogen) atoms. The number of pyridine rings is 1. The predicted octanol–water partition coefficient (Wildman–Crippen LogP) is 2.44. The number of rotatable bonds is 1. The van der Waals surface area contributed by atoms with Gasteiger partial charge >= 0.3 is 12.1 Å². The number of ether oxygens (including phenoxy) is 1. The monoisotopic (exact) mass is 395 g/mol. The fraction of sp³-hybridized carbons (Fsp3) is 0.278. The molecule has 1 saturated heterocycles. The van der Waals surface area contributed by atoms with Crippen molar-refractivity contribution >= 4 is 17.6 Å². The van der Waals surface area contributed by atoms with Crippen LogP contribution in [0.5, 0.6) is 5.88 Å². The van der Waals surface area contributed by atoms with E-state index in [0.717, 1.165) is 17.7 Å². The van der Waals surface area contributed by atoms with Crippen LogP contribution in [0.25, 0.3) is 11.1 Å². The Bertz CT molecular complexity index is 881. The van der Waals surface area contributed by atoms with E-state index in [4.69, 9.17) is 14.6 Å². The van der Waals surface area contributed by atoms with Gasteiger partial charge in [0.15, 0.2) is 0 Å². The number of aliphatic carboxylic acids is 1. The van der Waals surface area contributed by atoms with Crippen LogP contribution >= 0.6 is 0 Å². The van der Waals surface area contributed by atoms with Gasteiger partial charge in [0.1, 0.15) is 5.69 Å². The zero-order valence-electron chi connectivity index (χ0n) is 14.4. The molecule has 10 heteroatoms. The van der Waals surface area contributed by atoms with E-state index >= 15 is 0 Å². The maximum absolute atomic E-state index is 12.3. The van der Waals surface area contributed by atoms with Gasteiger partial charge in [0.2, 0.25) is 11.5 Å². The largest absolute Gasteiger partial charge is 0.490 e. The van der Waals surface area contributed by atoms with Crippen LogP contribution in [-0.2, 0) is 9.59 Å². The number of nitrogens with zero attached hydrogens (tertiary/aromatic N) is 1. The van der Waals surface area contributed by atoms with Gasteiger partial charge in [-0.15, -0.1) is 0 Å². The number of carboxylic acids is 1. The standard InChI is InChI=1S/C16H15N3O2.C2HF3O2/c20-15-16(6-7-17-10-16)21-14-13(19-15)8-12(9-18-14)11-4-2-1-3-5-11;3-2(4,5)1(6)7/h1-5,8-9,17H,6-7,10H2,(H,19,20);(H,6,7). The smallest absolute Gasteiger partial charge is 0.475 e. The van der Waals surface area contributed by atoms with Crippen LogP contribution in [-0.4, -0.2) is 46.8 Å². The summed E-state index contributed by atoms with van der Waals surface area (Å²) in [4.78, 5) is 25.6. The number of carbonyl (C=O) groups excluding carboxylic acids is 1. The third-order valence-corrected chi connectivity index (χ3v) is 4.27. The lowest BCUT2D eigenvalue weighted by Gasteiger charge is -2.32. The minimum atomic E-state index is -5.08. The number of anilines is 1. The second-order valence-electron chi connectivity index (χ2n) is 6.22. The van der Waals surface area contributed by atoms with Gasteiger partial charge in [0.05, 0.1) is 0 Å². The SMILES string of the molecule is O=C(O)C(F)(F)F.O=C1Nc2cc(-c3ccccc3)cnc2OC12CCNC2. The fourth-order valence-electron chi connectivity index (χ4n) is 2.83. The van der Waals surface area contributed by atoms with Crippen molar-refractivity contribution in [1.82, 2.24) is 10.3 Å². The molecule has 1 aromatic heterocycles. The summed E-state index contributed by atoms with van der Waals surface area (Å²) in [6.45, 7) is 1.31. The number of aromatic nitrogens is 1. The molecule has 1 fully saturated rings. The number of alkyl halides is 3. The molecule has 0 radical (unpaired) electrons. The van der Waals surface area contributed by atoms with E-state index < -0.39 is 17.7 Å². The molecule has 1 atom stereocenters. The van der Waals surface area contributed by atoms with Gasteiger partial charge in [-0.3, -0.25) is 4.79 Å². The summed E-state index contributed by atoms with van der Waals surface area (Å²) in [5.74, 6) is -2.35. The van der Waals surface area contributed by atoms with Gasteiger partial charge in [-0.1, -0.05) is 30.3 Å². The van der Waals surface area contributed by atoms with Crippen LogP contribution in [0.3, 0.4) is 0 Å². The second kappa shape index (κ2) is 7.47. The van der Waals surface area contributed by atoms with E-state index in [2.05, 4.69) is 15.6 Å². The number of carbonyl (C=O) groups is 2. The van der Waals surface area contributed by atoms with Crippen molar-refractivity contribution in [2.45, 2.75) is 18.2 Å². The number of nitrogens with one attached hydrogen (secondary N) is 2. The fourth-order valence-corrected chi connectivity index (χ4v) is 2.83. The van der Waals surface area contributed by atoms with E-state index in [1.807, 2.05) is 36.4 Å². The maximum Gasteiger partial charge on any atom is 0.490 e. The Labute approximate surface area is 157 Å². The van der Waals surface area contributed by atoms with E-state index in [0.29, 0.717) is 24.5 Å². The molecule has 3 heterocycles. The minimum absolute atomic E-state index is 0.0907. The zero-order valence-corrected chi connectivity index (χ0v) is 14.4. The first kappa shape index (κ1) is 19.6. The molecule has 0 saturated carbocycles. The molecule has 148 valence electrons. The van der Waals surface area contributed by atoms with Crippen molar-refractivity contribution in [2.75, 3.05) is 18.4 Å². The maximum atomic E-state index is 12.3. The van der Waals surface area contributed by atoms with E-state index in [9.17, 15) is 18.0 Å². The summed E-state index contributed by atoms with van der Waals surface area (Å²) in [5, 5.41) is 13.2. The lowest BCUT2D eigenvalue weighted by Crippen LogP contribution is -2.52. The van der Waals surface area contributed by atoms with Crippen LogP contribution in [0.15, 0.2) is 42.6 Å². The lowest BCUT2D eigenvalue weighted by molar-refractivity contribution is -0.192. The van der Waals surface area contributed by atoms with Crippen molar-refractivity contribution in [3.8, 4) is 17.0 Å². The van der Waals surface area contributed by atoms with E-state index in [1.54, 1.807) is 6.20 Å². The van der Waals surface area contributed by atoms with Crippen molar-refractivity contribution in [2.24, 2.45) is 0 Å². The van der Waals surface area contributed by atoms with Gasteiger partial charge in [0, 0.05) is 24.7 Å². The third kappa shape index (κ3) is 4.06. The molecule has 0 aliphatic carbocycles. The summed E-state index contributed by atoms with van der Waals surface area (Å²) < 4.78 is 37.6. The van der Waals surface area contributed by atoms with E-state index in [-0.39, 0.29) is 5.91 Å². The summed E-state index contributed by atoms with van der Waals surface area (Å²) in [5.41, 5.74) is 1.86. The Balaban J connectivity index is 0.000000279. The first-order chi connectivity index (χ1) is 13.2. The highest BCUT2D eigenvalue weighted by atomic mass is 19.4. The number of fused-ring (bicyclic) bond motifs is 1. The van der Waals surface area contributed by atoms with Crippen molar-refractivity contribution in [3.05, 3.63) is 42.6 Å². The normalized spacial score (nSPS) is 20.5. The molecule has 3 N–H and O–H groups in total. The van der Waals surface area contributed by atoms with Crippen molar-refractivity contribution < 1.29 is 32.6 Å². The lowest BCUT2D eigenvalue weighted by atomic mass is 9.99. The van der Waals surface area contributed by atoms with Gasteiger partial charge < -0.3 is 20.5 Å². The molecule has 1 aromatic carbocycles. The summed E-state index contributed by atoms with van der Waals surface area (Å²) in [6.07, 6.45) is -2.64. The quantitative estimate of drug-likeness (QED) is 0.686. The van der Waals surface area contributed by atoms with Crippen LogP contribution in [0.2, 0.25) is 0 Å². The van der Waals surface area contributed by atoms with Crippen LogP contribution < -0.4 is 15.4 Å². The Morgan fingerprint density at radius 2 is 1.89 bits per heavy atom. The first-order valence-corrected chi connectivity index (χ1v) is 8.28. The van der Waals surface area contributed by atoms with Crippen molar-refractivity contribution in [1.29, 1.82) is 0 Å². The zero-order chi connectivity index (χ0) is 20.4. The van der Waals surface area contributed by atoms with Crippen LogP contribution in [0, 0.1) is 0 Å². The van der Waals surface area contributed by atoms with E-state index in [1.165, 1.54) is 0 Å². The Hall–Kier alpha value is -3.14. The third-order valence-electron chi connectivity index (χ3n) is 4.27. The first-order valence-electron chi connectivity index (χ1n) is 8.28. The molecule has 2 aliphatic heterocycles. The molecular weight excluding hydrogens is 379 g/mol. The molecule has 0 bridgehead atoms. The van der Waals surface area contributed by atoms with Crippen LogP contribution in [0.1, 0.15) is 6.42 Å². The summed E-state index contributed by atoms with van der Waals surface area (Å²) >= 11 is 0. The van der Waals surface area contributed by atoms with Gasteiger partial charge in [-0.05, 0) is 18.2 Å². The molecule has 2 aliphatic rings. The highest BCUT2D eigenvalue weighted by Gasteiger charge is 2.47. The number of hydrogen-bond donors (Lipinski definition) is 3. The Morgan fingerprint density at radius 1 is 1.21 bits per heavy atom. The molecule has 1 spiro atoms. The highest BCUT2D eigenvalue weighted by Crippen LogP contribution is 2.36. The number of amides is 1. The predicted molar refractivity (Wildman–Crippen MR) is 92.8 cm³/mol. The molecule has 4 rings (SSSR count). The molecule has 1 amide bonds. The van der Waals surface area contributed by atoms with Crippen molar-refractivity contribution in [3.63, 3.8) is 0 Å². The Morgan fingerprint density at radius 3 is 2.46 bits per heavy atom. The molecule has 7 nitrogen and oxygen atoms in total. The molecular formula is C18H16F3N3O4. The number of hydrogen-bond acceptors (Lipinski definition) is 5. The van der Waals surface area contributed by atoms with Crippen LogP contribution in [0.4, 0.5) is 18.9 Å². The number of halogens is 3. The van der Waals surface area contributed by atoms with Gasteiger partial charge in [-0.25, -0.2) is 9.78 Å². The van der Waals surface area contributed by atoms with Gasteiger partial charge in [-0.2, -0.15) is 13.2 Å². The topological polar surface area (TPSA) is 101 Å². The average Bonchev–Trinajstić information content (AvgIpc) is 3.12.